The van der Waals surface area contributed by atoms with Crippen molar-refractivity contribution in [3.63, 3.8) is 0 Å². The lowest BCUT2D eigenvalue weighted by Crippen LogP contribution is -2.34. The molecule has 1 aromatic carbocycles. The van der Waals surface area contributed by atoms with Gasteiger partial charge in [0.05, 0.1) is 0 Å². The third-order valence-electron chi connectivity index (χ3n) is 3.59. The predicted octanol–water partition coefficient (Wildman–Crippen LogP) is 3.24. The van der Waals surface area contributed by atoms with Crippen LogP contribution >= 0.6 is 0 Å². The van der Waals surface area contributed by atoms with Crippen molar-refractivity contribution < 1.29 is 4.79 Å². The first-order valence-electron chi connectivity index (χ1n) is 5.81. The first-order chi connectivity index (χ1) is 7.84. The molecule has 0 heterocycles. The summed E-state index contributed by atoms with van der Waals surface area (Å²) in [6, 6.07) is 10.4. The highest BCUT2D eigenvalue weighted by atomic mass is 16.1. The van der Waals surface area contributed by atoms with Crippen LogP contribution in [0.15, 0.2) is 48.6 Å². The second-order valence-electron chi connectivity index (χ2n) is 4.56. The molecule has 0 unspecified atom stereocenters. The fraction of sp³-hybridized carbons (Fsp3) is 0.267. The summed E-state index contributed by atoms with van der Waals surface area (Å²) in [5.41, 5.74) is 2.50. The largest absolute Gasteiger partial charge is 0.299 e. The molecule has 1 heteroatoms. The summed E-state index contributed by atoms with van der Waals surface area (Å²) >= 11 is 0. The Morgan fingerprint density at radius 2 is 1.94 bits per heavy atom. The molecule has 3 rings (SSSR count). The molecule has 0 saturated heterocycles. The van der Waals surface area contributed by atoms with E-state index < -0.39 is 0 Å². The van der Waals surface area contributed by atoms with Gasteiger partial charge in [-0.05, 0) is 23.5 Å². The summed E-state index contributed by atoms with van der Waals surface area (Å²) in [4.78, 5) is 11.4. The molecule has 0 radical (unpaired) electrons. The van der Waals surface area contributed by atoms with Crippen molar-refractivity contribution in [3.05, 3.63) is 54.1 Å². The molecule has 1 nitrogen and oxygen atoms in total. The molecular formula is C15H14O. The topological polar surface area (TPSA) is 17.1 Å². The molecule has 16 heavy (non-hydrogen) atoms. The molecule has 2 aliphatic rings. The van der Waals surface area contributed by atoms with E-state index >= 15 is 0 Å². The van der Waals surface area contributed by atoms with E-state index in [-0.39, 0.29) is 5.92 Å². The van der Waals surface area contributed by atoms with E-state index in [1.54, 1.807) is 0 Å². The molecule has 1 aromatic rings. The lowest BCUT2D eigenvalue weighted by atomic mass is 9.71. The highest BCUT2D eigenvalue weighted by Crippen LogP contribution is 2.38. The third kappa shape index (κ3) is 1.53. The van der Waals surface area contributed by atoms with Crippen molar-refractivity contribution in [2.45, 2.75) is 12.8 Å². The molecular weight excluding hydrogens is 196 g/mol. The first kappa shape index (κ1) is 9.59. The minimum atomic E-state index is 0.262. The van der Waals surface area contributed by atoms with Gasteiger partial charge in [-0.15, -0.1) is 0 Å². The molecule has 0 amide bonds. The van der Waals surface area contributed by atoms with Crippen LogP contribution in [-0.2, 0) is 4.79 Å². The number of rotatable bonds is 1. The Morgan fingerprint density at radius 1 is 1.12 bits per heavy atom. The summed E-state index contributed by atoms with van der Waals surface area (Å²) in [5, 5.41) is 0. The van der Waals surface area contributed by atoms with Crippen molar-refractivity contribution in [1.82, 2.24) is 0 Å². The van der Waals surface area contributed by atoms with E-state index in [0.29, 0.717) is 11.7 Å². The summed E-state index contributed by atoms with van der Waals surface area (Å²) in [6.45, 7) is 0. The Bertz CT molecular complexity index is 467. The average Bonchev–Trinajstić information content (AvgIpc) is 2.49. The number of allylic oxidation sites excluding steroid dienone is 4. The summed E-state index contributed by atoms with van der Waals surface area (Å²) in [6.07, 6.45) is 8.23. The van der Waals surface area contributed by atoms with Crippen LogP contribution in [0.5, 0.6) is 0 Å². The van der Waals surface area contributed by atoms with Crippen molar-refractivity contribution in [2.24, 2.45) is 11.8 Å². The quantitative estimate of drug-likeness (QED) is 0.695. The van der Waals surface area contributed by atoms with Crippen LogP contribution in [0.1, 0.15) is 18.4 Å². The van der Waals surface area contributed by atoms with Crippen LogP contribution in [0.2, 0.25) is 0 Å². The van der Waals surface area contributed by atoms with Crippen LogP contribution < -0.4 is 0 Å². The second-order valence-corrected chi connectivity index (χ2v) is 4.56. The van der Waals surface area contributed by atoms with Crippen LogP contribution in [0, 0.1) is 11.8 Å². The second kappa shape index (κ2) is 3.75. The van der Waals surface area contributed by atoms with Gasteiger partial charge in [-0.3, -0.25) is 4.79 Å². The van der Waals surface area contributed by atoms with Gasteiger partial charge in [-0.2, -0.15) is 0 Å². The molecule has 0 bridgehead atoms. The van der Waals surface area contributed by atoms with Crippen LogP contribution in [0.4, 0.5) is 0 Å². The zero-order valence-corrected chi connectivity index (χ0v) is 9.10. The van der Waals surface area contributed by atoms with Gasteiger partial charge >= 0.3 is 0 Å². The maximum Gasteiger partial charge on any atom is 0.137 e. The number of ketones is 1. The smallest absolute Gasteiger partial charge is 0.137 e. The Balaban J connectivity index is 1.90. The predicted molar refractivity (Wildman–Crippen MR) is 64.8 cm³/mol. The SMILES string of the molecule is O=C1C[C@H]2C=CC(c3ccccc3)=CC[C@@H]12. The minimum Gasteiger partial charge on any atom is -0.299 e. The van der Waals surface area contributed by atoms with Gasteiger partial charge in [0.2, 0.25) is 0 Å². The van der Waals surface area contributed by atoms with Gasteiger partial charge in [-0.1, -0.05) is 48.6 Å². The Kier molecular flexibility index (Phi) is 2.24. The number of hydrogen-bond acceptors (Lipinski definition) is 1. The van der Waals surface area contributed by atoms with E-state index in [2.05, 4.69) is 42.5 Å². The number of carbonyl (C=O) groups is 1. The van der Waals surface area contributed by atoms with Crippen molar-refractivity contribution in [3.8, 4) is 0 Å². The van der Waals surface area contributed by atoms with Gasteiger partial charge < -0.3 is 0 Å². The highest BCUT2D eigenvalue weighted by molar-refractivity contribution is 5.89. The number of carbonyl (C=O) groups excluding carboxylic acids is 1. The molecule has 2 atom stereocenters. The number of benzene rings is 1. The van der Waals surface area contributed by atoms with Gasteiger partial charge in [-0.25, -0.2) is 0 Å². The first-order valence-corrected chi connectivity index (χ1v) is 5.81. The third-order valence-corrected chi connectivity index (χ3v) is 3.59. The Morgan fingerprint density at radius 3 is 2.69 bits per heavy atom. The minimum absolute atomic E-state index is 0.262. The van der Waals surface area contributed by atoms with Gasteiger partial charge in [0.25, 0.3) is 0 Å². The zero-order chi connectivity index (χ0) is 11.0. The fourth-order valence-corrected chi connectivity index (χ4v) is 2.51. The molecule has 1 saturated carbocycles. The van der Waals surface area contributed by atoms with Crippen LogP contribution in [0.3, 0.4) is 0 Å². The van der Waals surface area contributed by atoms with E-state index in [1.807, 2.05) is 6.07 Å². The molecule has 2 aliphatic carbocycles. The monoisotopic (exact) mass is 210 g/mol. The maximum absolute atomic E-state index is 11.4. The highest BCUT2D eigenvalue weighted by Gasteiger charge is 2.37. The fourth-order valence-electron chi connectivity index (χ4n) is 2.51. The molecule has 0 aromatic heterocycles. The number of fused-ring (bicyclic) bond motifs is 1. The molecule has 0 N–H and O–H groups in total. The maximum atomic E-state index is 11.4. The molecule has 0 spiro atoms. The van der Waals surface area contributed by atoms with Gasteiger partial charge in [0, 0.05) is 12.3 Å². The Hall–Kier alpha value is -1.63. The van der Waals surface area contributed by atoms with Gasteiger partial charge in [0.15, 0.2) is 0 Å². The van der Waals surface area contributed by atoms with Crippen LogP contribution in [-0.4, -0.2) is 5.78 Å². The van der Waals surface area contributed by atoms with E-state index in [4.69, 9.17) is 0 Å². The molecule has 80 valence electrons. The number of Topliss-reactive ketones (excluding diaryl/α,β-unsaturated/α-hetero) is 1. The Labute approximate surface area is 95.5 Å². The molecule has 1 fully saturated rings. The zero-order valence-electron chi connectivity index (χ0n) is 9.10. The van der Waals surface area contributed by atoms with E-state index in [0.717, 1.165) is 12.8 Å². The average molecular weight is 210 g/mol. The van der Waals surface area contributed by atoms with Crippen LogP contribution in [0.25, 0.3) is 5.57 Å². The number of hydrogen-bond donors (Lipinski definition) is 0. The summed E-state index contributed by atoms with van der Waals surface area (Å²) in [5.74, 6) is 1.18. The normalized spacial score (nSPS) is 27.8. The van der Waals surface area contributed by atoms with E-state index in [1.165, 1.54) is 11.1 Å². The summed E-state index contributed by atoms with van der Waals surface area (Å²) in [7, 11) is 0. The summed E-state index contributed by atoms with van der Waals surface area (Å²) < 4.78 is 0. The van der Waals surface area contributed by atoms with E-state index in [9.17, 15) is 4.79 Å². The van der Waals surface area contributed by atoms with Gasteiger partial charge in [0.1, 0.15) is 5.78 Å². The lowest BCUT2D eigenvalue weighted by Gasteiger charge is -2.31. The lowest BCUT2D eigenvalue weighted by molar-refractivity contribution is -0.132. The molecule has 0 aliphatic heterocycles. The van der Waals surface area contributed by atoms with Crippen molar-refractivity contribution >= 4 is 11.4 Å². The van der Waals surface area contributed by atoms with Crippen molar-refractivity contribution in [2.75, 3.05) is 0 Å². The van der Waals surface area contributed by atoms with Crippen molar-refractivity contribution in [1.29, 1.82) is 0 Å². The standard InChI is InChI=1S/C15H14O/c16-15-10-13-7-6-12(8-9-14(13)15)11-4-2-1-3-5-11/h1-8,13-14H,9-10H2/t13-,14-/m1/s1.